The summed E-state index contributed by atoms with van der Waals surface area (Å²) in [6, 6.07) is 9.13. The normalized spacial score (nSPS) is 10.1. The summed E-state index contributed by atoms with van der Waals surface area (Å²) in [5.74, 6) is -1.10. The monoisotopic (exact) mass is 301 g/mol. The van der Waals surface area contributed by atoms with Gasteiger partial charge in [-0.1, -0.05) is 30.3 Å². The van der Waals surface area contributed by atoms with Crippen LogP contribution >= 0.6 is 0 Å². The number of aromatic nitrogens is 1. The largest absolute Gasteiger partial charge is 0.464 e. The lowest BCUT2D eigenvalue weighted by Gasteiger charge is -2.10. The van der Waals surface area contributed by atoms with Crippen molar-refractivity contribution in [2.24, 2.45) is 5.73 Å². The highest BCUT2D eigenvalue weighted by molar-refractivity contribution is 6.14. The molecule has 0 radical (unpaired) electrons. The van der Waals surface area contributed by atoms with Gasteiger partial charge in [0.25, 0.3) is 0 Å². The van der Waals surface area contributed by atoms with Crippen LogP contribution in [0.5, 0.6) is 0 Å². The molecule has 0 aliphatic heterocycles. The smallest absolute Gasteiger partial charge is 0.357 e. The molecular weight excluding hydrogens is 286 g/mol. The Hall–Kier alpha value is -3.09. The molecule has 3 N–H and O–H groups in total. The lowest BCUT2D eigenvalue weighted by atomic mass is 10.0. The van der Waals surface area contributed by atoms with Gasteiger partial charge in [0.05, 0.1) is 12.7 Å². The van der Waals surface area contributed by atoms with Crippen LogP contribution in [0.3, 0.4) is 0 Å². The second kappa shape index (κ2) is 6.13. The molecule has 22 heavy (non-hydrogen) atoms. The van der Waals surface area contributed by atoms with E-state index < -0.39 is 12.0 Å². The fraction of sp³-hybridized carbons (Fsp3) is 0.133. The van der Waals surface area contributed by atoms with Crippen molar-refractivity contribution in [3.8, 4) is 0 Å². The summed E-state index contributed by atoms with van der Waals surface area (Å²) in [5.41, 5.74) is 8.32. The lowest BCUT2D eigenvalue weighted by Crippen LogP contribution is -2.32. The summed E-state index contributed by atoms with van der Waals surface area (Å²) in [7, 11) is 1.19. The highest BCUT2D eigenvalue weighted by Crippen LogP contribution is 2.19. The van der Waals surface area contributed by atoms with Gasteiger partial charge in [0.1, 0.15) is 0 Å². The number of carbonyl (C=O) groups is 3. The number of hydrogen-bond donors (Lipinski definition) is 2. The van der Waals surface area contributed by atoms with E-state index in [4.69, 9.17) is 10.5 Å². The van der Waals surface area contributed by atoms with Crippen molar-refractivity contribution in [2.75, 3.05) is 12.5 Å². The van der Waals surface area contributed by atoms with Gasteiger partial charge in [-0.15, -0.1) is 0 Å². The summed E-state index contributed by atoms with van der Waals surface area (Å²) in [6.07, 6.45) is 0. The first-order valence-electron chi connectivity index (χ1n) is 6.42. The zero-order valence-electron chi connectivity index (χ0n) is 12.1. The van der Waals surface area contributed by atoms with E-state index in [0.29, 0.717) is 11.3 Å². The maximum Gasteiger partial charge on any atom is 0.357 e. The quantitative estimate of drug-likeness (QED) is 0.658. The van der Waals surface area contributed by atoms with E-state index in [1.165, 1.54) is 13.2 Å². The Morgan fingerprint density at radius 1 is 1.18 bits per heavy atom. The fourth-order valence-corrected chi connectivity index (χ4v) is 2.11. The van der Waals surface area contributed by atoms with Crippen molar-refractivity contribution < 1.29 is 19.1 Å². The molecule has 2 rings (SSSR count). The van der Waals surface area contributed by atoms with E-state index in [0.717, 1.165) is 4.68 Å². The molecule has 7 nitrogen and oxygen atoms in total. The Kier molecular flexibility index (Phi) is 4.26. The number of benzene rings is 1. The standard InChI is InChI=1S/C15H15N3O4/c1-9-8-11(13(19)10-6-4-3-5-7-10)12(14(20)22-2)18(9)17-15(16)21/h3-8H,1-2H3,(H3,16,17,21). The third-order valence-corrected chi connectivity index (χ3v) is 3.07. The number of methoxy groups -OCH3 is 1. The molecule has 7 heteroatoms. The van der Waals surface area contributed by atoms with Gasteiger partial charge in [-0.25, -0.2) is 19.7 Å². The number of nitrogens with zero attached hydrogens (tertiary/aromatic N) is 1. The van der Waals surface area contributed by atoms with E-state index >= 15 is 0 Å². The summed E-state index contributed by atoms with van der Waals surface area (Å²) in [6.45, 7) is 1.63. The molecule has 0 unspecified atom stereocenters. The molecule has 0 saturated heterocycles. The number of ether oxygens (including phenoxy) is 1. The lowest BCUT2D eigenvalue weighted by molar-refractivity contribution is 0.0587. The Morgan fingerprint density at radius 2 is 1.82 bits per heavy atom. The second-order valence-corrected chi connectivity index (χ2v) is 4.55. The molecule has 0 fully saturated rings. The molecule has 1 heterocycles. The molecule has 0 aliphatic carbocycles. The zero-order chi connectivity index (χ0) is 16.3. The minimum Gasteiger partial charge on any atom is -0.464 e. The predicted octanol–water partition coefficient (Wildman–Crippen LogP) is 1.44. The number of carbonyl (C=O) groups excluding carboxylic acids is 3. The average molecular weight is 301 g/mol. The number of hydrogen-bond acceptors (Lipinski definition) is 4. The summed E-state index contributed by atoms with van der Waals surface area (Å²) >= 11 is 0. The maximum atomic E-state index is 12.6. The van der Waals surface area contributed by atoms with Gasteiger partial charge in [-0.2, -0.15) is 0 Å². The highest BCUT2D eigenvalue weighted by Gasteiger charge is 2.26. The van der Waals surface area contributed by atoms with Crippen molar-refractivity contribution in [3.63, 3.8) is 0 Å². The Bertz CT molecular complexity index is 735. The number of ketones is 1. The van der Waals surface area contributed by atoms with Gasteiger partial charge in [-0.3, -0.25) is 4.79 Å². The molecule has 114 valence electrons. The summed E-state index contributed by atoms with van der Waals surface area (Å²) in [5, 5.41) is 0. The van der Waals surface area contributed by atoms with Crippen molar-refractivity contribution in [1.82, 2.24) is 4.68 Å². The predicted molar refractivity (Wildman–Crippen MR) is 79.3 cm³/mol. The van der Waals surface area contributed by atoms with Gasteiger partial charge in [-0.05, 0) is 13.0 Å². The molecule has 1 aromatic heterocycles. The average Bonchev–Trinajstić information content (AvgIpc) is 2.83. The molecule has 0 bridgehead atoms. The number of esters is 1. The van der Waals surface area contributed by atoms with Crippen LogP contribution in [0.1, 0.15) is 32.1 Å². The van der Waals surface area contributed by atoms with Crippen molar-refractivity contribution in [2.45, 2.75) is 6.92 Å². The van der Waals surface area contributed by atoms with Crippen molar-refractivity contribution in [3.05, 3.63) is 58.9 Å². The van der Waals surface area contributed by atoms with Crippen LogP contribution in [-0.4, -0.2) is 29.6 Å². The minimum absolute atomic E-state index is 0.0762. The van der Waals surface area contributed by atoms with E-state index in [2.05, 4.69) is 5.43 Å². The molecule has 2 aromatic rings. The van der Waals surface area contributed by atoms with E-state index in [1.54, 1.807) is 37.3 Å². The van der Waals surface area contributed by atoms with Crippen LogP contribution in [0.15, 0.2) is 36.4 Å². The topological polar surface area (TPSA) is 103 Å². The van der Waals surface area contributed by atoms with Crippen LogP contribution in [0.4, 0.5) is 4.79 Å². The molecule has 0 aliphatic rings. The molecular formula is C15H15N3O4. The first-order valence-corrected chi connectivity index (χ1v) is 6.42. The van der Waals surface area contributed by atoms with Crippen LogP contribution in [-0.2, 0) is 4.74 Å². The number of amides is 2. The fourth-order valence-electron chi connectivity index (χ4n) is 2.11. The SMILES string of the molecule is COC(=O)c1c(C(=O)c2ccccc2)cc(C)n1NC(N)=O. The van der Waals surface area contributed by atoms with E-state index in [9.17, 15) is 14.4 Å². The molecule has 0 atom stereocenters. The van der Waals surface area contributed by atoms with Gasteiger partial charge in [0.15, 0.2) is 11.5 Å². The Labute approximate surface area is 126 Å². The van der Waals surface area contributed by atoms with Crippen molar-refractivity contribution >= 4 is 17.8 Å². The number of rotatable bonds is 4. The molecule has 2 amide bonds. The van der Waals surface area contributed by atoms with Gasteiger partial charge in [0.2, 0.25) is 0 Å². The number of urea groups is 1. The van der Waals surface area contributed by atoms with Crippen LogP contribution < -0.4 is 11.2 Å². The Morgan fingerprint density at radius 3 is 2.36 bits per heavy atom. The van der Waals surface area contributed by atoms with Gasteiger partial charge >= 0.3 is 12.0 Å². The molecule has 0 spiro atoms. The first-order chi connectivity index (χ1) is 10.5. The summed E-state index contributed by atoms with van der Waals surface area (Å²) in [4.78, 5) is 35.7. The van der Waals surface area contributed by atoms with Crippen LogP contribution in [0.25, 0.3) is 0 Å². The van der Waals surface area contributed by atoms with Gasteiger partial charge in [0, 0.05) is 11.3 Å². The third-order valence-electron chi connectivity index (χ3n) is 3.07. The summed E-state index contributed by atoms with van der Waals surface area (Å²) < 4.78 is 5.84. The Balaban J connectivity index is 2.58. The number of aryl methyl sites for hydroxylation is 1. The van der Waals surface area contributed by atoms with Crippen LogP contribution in [0, 0.1) is 6.92 Å². The third kappa shape index (κ3) is 2.83. The van der Waals surface area contributed by atoms with Gasteiger partial charge < -0.3 is 10.5 Å². The molecule has 0 saturated carbocycles. The highest BCUT2D eigenvalue weighted by atomic mass is 16.5. The van der Waals surface area contributed by atoms with E-state index in [-0.39, 0.29) is 17.0 Å². The number of primary amides is 1. The van der Waals surface area contributed by atoms with Crippen LogP contribution in [0.2, 0.25) is 0 Å². The van der Waals surface area contributed by atoms with E-state index in [1.807, 2.05) is 0 Å². The molecule has 1 aromatic carbocycles. The zero-order valence-corrected chi connectivity index (χ0v) is 12.1. The number of nitrogens with two attached hydrogens (primary N) is 1. The minimum atomic E-state index is -0.859. The first kappa shape index (κ1) is 15.3. The number of nitrogens with one attached hydrogen (secondary N) is 1. The second-order valence-electron chi connectivity index (χ2n) is 4.55. The van der Waals surface area contributed by atoms with Crippen molar-refractivity contribution in [1.29, 1.82) is 0 Å². The maximum absolute atomic E-state index is 12.6.